The van der Waals surface area contributed by atoms with Crippen LogP contribution >= 0.6 is 11.3 Å². The summed E-state index contributed by atoms with van der Waals surface area (Å²) in [7, 11) is -3.71. The number of rotatable bonds is 4. The SMILES string of the molecule is Cc1ccc(C)c(NS(=O)(=O)c2cc(C(=O)N3CCCCCC3)cs2)c1. The normalized spacial score (nSPS) is 15.5. The van der Waals surface area contributed by atoms with Gasteiger partial charge in [0.25, 0.3) is 15.9 Å². The third kappa shape index (κ3) is 4.27. The van der Waals surface area contributed by atoms with Gasteiger partial charge in [-0.1, -0.05) is 25.0 Å². The predicted molar refractivity (Wildman–Crippen MR) is 105 cm³/mol. The molecule has 0 bridgehead atoms. The second kappa shape index (κ2) is 7.80. The van der Waals surface area contributed by atoms with Gasteiger partial charge in [-0.2, -0.15) is 0 Å². The van der Waals surface area contributed by atoms with Crippen molar-refractivity contribution in [1.29, 1.82) is 0 Å². The van der Waals surface area contributed by atoms with Crippen molar-refractivity contribution < 1.29 is 13.2 Å². The summed E-state index contributed by atoms with van der Waals surface area (Å²) in [6.45, 7) is 5.27. The lowest BCUT2D eigenvalue weighted by molar-refractivity contribution is 0.0762. The lowest BCUT2D eigenvalue weighted by Crippen LogP contribution is -2.31. The number of likely N-dealkylation sites (tertiary alicyclic amines) is 1. The van der Waals surface area contributed by atoms with Gasteiger partial charge in [0.1, 0.15) is 4.21 Å². The molecule has 1 fully saturated rings. The molecule has 1 aliphatic rings. The minimum absolute atomic E-state index is 0.0728. The molecule has 0 atom stereocenters. The van der Waals surface area contributed by atoms with Crippen LogP contribution in [0.2, 0.25) is 0 Å². The van der Waals surface area contributed by atoms with Crippen molar-refractivity contribution >= 4 is 33.0 Å². The molecule has 1 aliphatic heterocycles. The van der Waals surface area contributed by atoms with Gasteiger partial charge < -0.3 is 4.90 Å². The highest BCUT2D eigenvalue weighted by Crippen LogP contribution is 2.26. The van der Waals surface area contributed by atoms with Crippen LogP contribution in [0.25, 0.3) is 0 Å². The number of carbonyl (C=O) groups is 1. The average molecular weight is 393 g/mol. The van der Waals surface area contributed by atoms with Gasteiger partial charge >= 0.3 is 0 Å². The zero-order valence-corrected chi connectivity index (χ0v) is 16.8. The molecular weight excluding hydrogens is 368 g/mol. The first kappa shape index (κ1) is 18.9. The number of hydrogen-bond acceptors (Lipinski definition) is 4. The minimum atomic E-state index is -3.71. The van der Waals surface area contributed by atoms with Crippen LogP contribution in [0.3, 0.4) is 0 Å². The lowest BCUT2D eigenvalue weighted by atomic mass is 10.1. The van der Waals surface area contributed by atoms with Gasteiger partial charge in [-0.3, -0.25) is 9.52 Å². The zero-order valence-electron chi connectivity index (χ0n) is 15.1. The van der Waals surface area contributed by atoms with E-state index in [0.717, 1.165) is 61.2 Å². The van der Waals surface area contributed by atoms with Gasteiger partial charge in [0, 0.05) is 18.5 Å². The van der Waals surface area contributed by atoms with Crippen LogP contribution in [-0.2, 0) is 10.0 Å². The maximum atomic E-state index is 12.7. The predicted octanol–water partition coefficient (Wildman–Crippen LogP) is 4.18. The van der Waals surface area contributed by atoms with Crippen molar-refractivity contribution in [3.63, 3.8) is 0 Å². The molecule has 1 N–H and O–H groups in total. The molecule has 0 spiro atoms. The molecule has 0 radical (unpaired) electrons. The molecule has 0 saturated carbocycles. The standard InChI is InChI=1S/C19H24N2O3S2/c1-14-7-8-15(2)17(11-14)20-26(23,24)18-12-16(13-25-18)19(22)21-9-5-3-4-6-10-21/h7-8,11-13,20H,3-6,9-10H2,1-2H3. The molecule has 2 aromatic rings. The van der Waals surface area contributed by atoms with Crippen LogP contribution in [0.5, 0.6) is 0 Å². The lowest BCUT2D eigenvalue weighted by Gasteiger charge is -2.19. The van der Waals surface area contributed by atoms with Gasteiger partial charge in [0.2, 0.25) is 0 Å². The number of benzene rings is 1. The molecule has 0 aliphatic carbocycles. The summed E-state index contributed by atoms with van der Waals surface area (Å²) in [5, 5.41) is 1.64. The third-order valence-corrected chi connectivity index (χ3v) is 7.42. The van der Waals surface area contributed by atoms with Crippen molar-refractivity contribution in [2.45, 2.75) is 43.7 Å². The van der Waals surface area contributed by atoms with Crippen LogP contribution < -0.4 is 4.72 Å². The maximum Gasteiger partial charge on any atom is 0.271 e. The van der Waals surface area contributed by atoms with Crippen LogP contribution in [-0.4, -0.2) is 32.3 Å². The Kier molecular flexibility index (Phi) is 5.67. The number of anilines is 1. The van der Waals surface area contributed by atoms with Crippen molar-refractivity contribution in [3.8, 4) is 0 Å². The quantitative estimate of drug-likeness (QED) is 0.849. The van der Waals surface area contributed by atoms with Crippen LogP contribution in [0.1, 0.15) is 47.2 Å². The van der Waals surface area contributed by atoms with E-state index in [4.69, 9.17) is 0 Å². The summed E-state index contributed by atoms with van der Waals surface area (Å²) in [6.07, 6.45) is 4.31. The summed E-state index contributed by atoms with van der Waals surface area (Å²) >= 11 is 1.09. The molecule has 3 rings (SSSR count). The fraction of sp³-hybridized carbons (Fsp3) is 0.421. The second-order valence-electron chi connectivity index (χ2n) is 6.78. The van der Waals surface area contributed by atoms with E-state index >= 15 is 0 Å². The van der Waals surface area contributed by atoms with Crippen molar-refractivity contribution in [3.05, 3.63) is 46.3 Å². The monoisotopic (exact) mass is 392 g/mol. The number of amides is 1. The van der Waals surface area contributed by atoms with E-state index in [2.05, 4.69) is 4.72 Å². The van der Waals surface area contributed by atoms with Gasteiger partial charge in [-0.25, -0.2) is 8.42 Å². The second-order valence-corrected chi connectivity index (χ2v) is 9.61. The molecule has 0 unspecified atom stereocenters. The fourth-order valence-corrected chi connectivity index (χ4v) is 5.34. The summed E-state index contributed by atoms with van der Waals surface area (Å²) in [5.41, 5.74) is 2.87. The van der Waals surface area contributed by atoms with Gasteiger partial charge in [-0.15, -0.1) is 11.3 Å². The van der Waals surface area contributed by atoms with Gasteiger partial charge in [0.15, 0.2) is 0 Å². The number of thiophene rings is 1. The smallest absolute Gasteiger partial charge is 0.271 e. The van der Waals surface area contributed by atoms with E-state index in [0.29, 0.717) is 11.3 Å². The van der Waals surface area contributed by atoms with E-state index in [1.54, 1.807) is 5.38 Å². The van der Waals surface area contributed by atoms with Crippen molar-refractivity contribution in [2.75, 3.05) is 17.8 Å². The highest BCUT2D eigenvalue weighted by atomic mass is 32.2. The number of carbonyl (C=O) groups excluding carboxylic acids is 1. The summed E-state index contributed by atoms with van der Waals surface area (Å²) in [5.74, 6) is -0.0728. The Balaban J connectivity index is 1.79. The van der Waals surface area contributed by atoms with E-state index in [-0.39, 0.29) is 10.1 Å². The topological polar surface area (TPSA) is 66.5 Å². The Morgan fingerprint density at radius 1 is 1.08 bits per heavy atom. The van der Waals surface area contributed by atoms with E-state index in [1.165, 1.54) is 6.07 Å². The number of sulfonamides is 1. The minimum Gasteiger partial charge on any atom is -0.339 e. The van der Waals surface area contributed by atoms with E-state index in [1.807, 2.05) is 36.9 Å². The Morgan fingerprint density at radius 2 is 1.77 bits per heavy atom. The first-order chi connectivity index (χ1) is 12.4. The number of hydrogen-bond donors (Lipinski definition) is 1. The average Bonchev–Trinajstić information content (AvgIpc) is 2.95. The molecule has 140 valence electrons. The molecular formula is C19H24N2O3S2. The molecule has 2 heterocycles. The number of nitrogens with zero attached hydrogens (tertiary/aromatic N) is 1. The molecule has 1 amide bonds. The molecule has 1 saturated heterocycles. The summed E-state index contributed by atoms with van der Waals surface area (Å²) in [4.78, 5) is 14.5. The zero-order chi connectivity index (χ0) is 18.7. The van der Waals surface area contributed by atoms with E-state index < -0.39 is 10.0 Å². The first-order valence-corrected chi connectivity index (χ1v) is 11.2. The molecule has 26 heavy (non-hydrogen) atoms. The van der Waals surface area contributed by atoms with Crippen LogP contribution in [0.15, 0.2) is 33.9 Å². The largest absolute Gasteiger partial charge is 0.339 e. The van der Waals surface area contributed by atoms with Crippen molar-refractivity contribution in [2.24, 2.45) is 0 Å². The molecule has 5 nitrogen and oxygen atoms in total. The number of aryl methyl sites for hydroxylation is 2. The highest BCUT2D eigenvalue weighted by molar-refractivity contribution is 7.94. The van der Waals surface area contributed by atoms with Crippen molar-refractivity contribution in [1.82, 2.24) is 4.90 Å². The highest BCUT2D eigenvalue weighted by Gasteiger charge is 2.23. The van der Waals surface area contributed by atoms with Crippen LogP contribution in [0, 0.1) is 13.8 Å². The van der Waals surface area contributed by atoms with Gasteiger partial charge in [0.05, 0.1) is 11.3 Å². The summed E-state index contributed by atoms with van der Waals surface area (Å²) in [6, 6.07) is 7.13. The Bertz CT molecular complexity index is 895. The fourth-order valence-electron chi connectivity index (χ4n) is 3.07. The third-order valence-electron chi connectivity index (χ3n) is 4.62. The van der Waals surface area contributed by atoms with Gasteiger partial charge in [-0.05, 0) is 49.9 Å². The molecule has 1 aromatic carbocycles. The Hall–Kier alpha value is -1.86. The summed E-state index contributed by atoms with van der Waals surface area (Å²) < 4.78 is 28.2. The Labute approximate surface area is 159 Å². The maximum absolute atomic E-state index is 12.7. The molecule has 1 aromatic heterocycles. The van der Waals surface area contributed by atoms with Crippen LogP contribution in [0.4, 0.5) is 5.69 Å². The Morgan fingerprint density at radius 3 is 2.46 bits per heavy atom. The molecule has 7 heteroatoms. The van der Waals surface area contributed by atoms with E-state index in [9.17, 15) is 13.2 Å². The first-order valence-electron chi connectivity index (χ1n) is 8.85. The number of nitrogens with one attached hydrogen (secondary N) is 1.